The Morgan fingerprint density at radius 3 is 2.71 bits per heavy atom. The van der Waals surface area contributed by atoms with Gasteiger partial charge in [0.2, 0.25) is 5.76 Å². The molecular weight excluding hydrogens is 270 g/mol. The summed E-state index contributed by atoms with van der Waals surface area (Å²) in [6.45, 7) is 5.73. The van der Waals surface area contributed by atoms with Crippen LogP contribution in [0.2, 0.25) is 0 Å². The van der Waals surface area contributed by atoms with Gasteiger partial charge in [-0.1, -0.05) is 6.92 Å². The summed E-state index contributed by atoms with van der Waals surface area (Å²) in [5.74, 6) is 0.225. The third-order valence-corrected chi connectivity index (χ3v) is 3.59. The van der Waals surface area contributed by atoms with E-state index in [-0.39, 0.29) is 24.1 Å². The van der Waals surface area contributed by atoms with Gasteiger partial charge in [-0.25, -0.2) is 4.79 Å². The van der Waals surface area contributed by atoms with Crippen molar-refractivity contribution in [1.29, 1.82) is 0 Å². The number of allylic oxidation sites excluding steroid dienone is 1. The molecule has 5 heteroatoms. The Hall–Kier alpha value is -2.04. The summed E-state index contributed by atoms with van der Waals surface area (Å²) in [5, 5.41) is 0. The van der Waals surface area contributed by atoms with E-state index in [1.807, 2.05) is 32.1 Å². The molecule has 0 bridgehead atoms. The van der Waals surface area contributed by atoms with Gasteiger partial charge in [0.1, 0.15) is 5.76 Å². The summed E-state index contributed by atoms with van der Waals surface area (Å²) >= 11 is 0. The minimum Gasteiger partial charge on any atom is -0.460 e. The fourth-order valence-electron chi connectivity index (χ4n) is 2.63. The van der Waals surface area contributed by atoms with Crippen LogP contribution in [0.15, 0.2) is 16.2 Å². The van der Waals surface area contributed by atoms with E-state index in [0.717, 1.165) is 5.57 Å². The van der Waals surface area contributed by atoms with Gasteiger partial charge in [-0.2, -0.15) is 0 Å². The van der Waals surface area contributed by atoms with Gasteiger partial charge in [0.25, 0.3) is 0 Å². The summed E-state index contributed by atoms with van der Waals surface area (Å²) in [4.78, 5) is 26.4. The first-order valence-electron chi connectivity index (χ1n) is 7.09. The maximum atomic E-state index is 12.7. The zero-order valence-corrected chi connectivity index (χ0v) is 13.1. The normalized spacial score (nSPS) is 19.6. The highest BCUT2D eigenvalue weighted by atomic mass is 16.5. The predicted molar refractivity (Wildman–Crippen MR) is 78.4 cm³/mol. The Morgan fingerprint density at radius 1 is 1.48 bits per heavy atom. The Labute approximate surface area is 124 Å². The van der Waals surface area contributed by atoms with E-state index in [0.29, 0.717) is 23.3 Å². The number of carbonyl (C=O) groups is 2. The van der Waals surface area contributed by atoms with E-state index in [9.17, 15) is 9.59 Å². The number of ether oxygens (including phenoxy) is 1. The molecule has 1 aliphatic rings. The second-order valence-electron chi connectivity index (χ2n) is 5.56. The molecule has 1 unspecified atom stereocenters. The number of rotatable bonds is 3. The monoisotopic (exact) mass is 291 g/mol. The quantitative estimate of drug-likeness (QED) is 0.633. The fraction of sp³-hybridized carbons (Fsp3) is 0.500. The maximum Gasteiger partial charge on any atom is 0.374 e. The third kappa shape index (κ3) is 2.73. The summed E-state index contributed by atoms with van der Waals surface area (Å²) in [7, 11) is 3.77. The molecule has 114 valence electrons. The summed E-state index contributed by atoms with van der Waals surface area (Å²) in [6, 6.07) is 0. The molecule has 0 aliphatic heterocycles. The van der Waals surface area contributed by atoms with Crippen LogP contribution < -0.4 is 0 Å². The van der Waals surface area contributed by atoms with E-state index in [4.69, 9.17) is 9.15 Å². The number of furan rings is 1. The van der Waals surface area contributed by atoms with Crippen LogP contribution in [0, 0.1) is 12.8 Å². The molecule has 0 saturated carbocycles. The van der Waals surface area contributed by atoms with Gasteiger partial charge in [0.05, 0.1) is 12.2 Å². The zero-order chi connectivity index (χ0) is 15.7. The molecule has 0 spiro atoms. The smallest absolute Gasteiger partial charge is 0.374 e. The van der Waals surface area contributed by atoms with Crippen LogP contribution in [0.3, 0.4) is 0 Å². The average Bonchev–Trinajstić information content (AvgIpc) is 2.71. The van der Waals surface area contributed by atoms with Crippen molar-refractivity contribution in [2.24, 2.45) is 5.92 Å². The number of nitrogens with zero attached hydrogens (tertiary/aromatic N) is 1. The van der Waals surface area contributed by atoms with Crippen molar-refractivity contribution in [3.63, 3.8) is 0 Å². The third-order valence-electron chi connectivity index (χ3n) is 3.59. The summed E-state index contributed by atoms with van der Waals surface area (Å²) in [6.07, 6.45) is 2.45. The van der Waals surface area contributed by atoms with Gasteiger partial charge in [-0.05, 0) is 19.8 Å². The van der Waals surface area contributed by atoms with Crippen LogP contribution >= 0.6 is 0 Å². The van der Waals surface area contributed by atoms with Gasteiger partial charge in [-0.15, -0.1) is 0 Å². The lowest BCUT2D eigenvalue weighted by molar-refractivity contribution is 0.0486. The molecule has 5 nitrogen and oxygen atoms in total. The summed E-state index contributed by atoms with van der Waals surface area (Å²) < 4.78 is 10.6. The predicted octanol–water partition coefficient (Wildman–Crippen LogP) is 2.59. The first-order valence-corrected chi connectivity index (χ1v) is 7.09. The molecule has 1 aromatic heterocycles. The van der Waals surface area contributed by atoms with Crippen LogP contribution in [0.5, 0.6) is 0 Å². The second-order valence-corrected chi connectivity index (χ2v) is 5.56. The highest BCUT2D eigenvalue weighted by Gasteiger charge is 2.35. The van der Waals surface area contributed by atoms with Gasteiger partial charge in [-0.3, -0.25) is 4.79 Å². The molecular formula is C16H21NO4. The molecule has 0 saturated heterocycles. The van der Waals surface area contributed by atoms with Crippen LogP contribution in [-0.2, 0) is 11.2 Å². The SMILES string of the molecule is CCOC(=O)c1oc2c(c1C)C(=O)C(=CN(C)C)C(C)C2. The Balaban J connectivity index is 2.48. The largest absolute Gasteiger partial charge is 0.460 e. The lowest BCUT2D eigenvalue weighted by Gasteiger charge is -2.22. The van der Waals surface area contributed by atoms with Crippen LogP contribution in [0.25, 0.3) is 0 Å². The zero-order valence-electron chi connectivity index (χ0n) is 13.1. The Bertz CT molecular complexity index is 610. The fourth-order valence-corrected chi connectivity index (χ4v) is 2.63. The van der Waals surface area contributed by atoms with Crippen molar-refractivity contribution in [3.05, 3.63) is 34.4 Å². The standard InChI is InChI=1S/C16H21NO4/c1-6-20-16(19)15-10(3)13-12(21-15)7-9(2)11(14(13)18)8-17(4)5/h8-9H,6-7H2,1-5H3. The van der Waals surface area contributed by atoms with E-state index in [2.05, 4.69) is 0 Å². The number of Topliss-reactive ketones (excluding diaryl/α,β-unsaturated/α-hetero) is 1. The van der Waals surface area contributed by atoms with E-state index >= 15 is 0 Å². The van der Waals surface area contributed by atoms with Crippen molar-refractivity contribution in [3.8, 4) is 0 Å². The highest BCUT2D eigenvalue weighted by Crippen LogP contribution is 2.35. The van der Waals surface area contributed by atoms with Crippen molar-refractivity contribution in [2.45, 2.75) is 27.2 Å². The van der Waals surface area contributed by atoms with Crippen LogP contribution in [0.1, 0.15) is 46.1 Å². The average molecular weight is 291 g/mol. The first kappa shape index (κ1) is 15.4. The molecule has 0 aromatic carbocycles. The van der Waals surface area contributed by atoms with E-state index in [1.165, 1.54) is 0 Å². The molecule has 0 N–H and O–H groups in total. The number of carbonyl (C=O) groups excluding carboxylic acids is 2. The maximum absolute atomic E-state index is 12.7. The minimum atomic E-state index is -0.511. The number of hydrogen-bond donors (Lipinski definition) is 0. The minimum absolute atomic E-state index is 0.0609. The van der Waals surface area contributed by atoms with Crippen molar-refractivity contribution in [2.75, 3.05) is 20.7 Å². The van der Waals surface area contributed by atoms with Crippen LogP contribution in [0.4, 0.5) is 0 Å². The lowest BCUT2D eigenvalue weighted by Crippen LogP contribution is -2.23. The van der Waals surface area contributed by atoms with Crippen LogP contribution in [-0.4, -0.2) is 37.4 Å². The molecule has 0 amide bonds. The van der Waals surface area contributed by atoms with Gasteiger partial charge in [0.15, 0.2) is 5.78 Å². The van der Waals surface area contributed by atoms with Gasteiger partial charge in [0, 0.05) is 37.9 Å². The molecule has 0 fully saturated rings. The highest BCUT2D eigenvalue weighted by molar-refractivity contribution is 6.12. The number of hydrogen-bond acceptors (Lipinski definition) is 5. The van der Waals surface area contributed by atoms with Crippen molar-refractivity contribution in [1.82, 2.24) is 4.90 Å². The molecule has 2 rings (SSSR count). The number of ketones is 1. The molecule has 21 heavy (non-hydrogen) atoms. The van der Waals surface area contributed by atoms with Crippen molar-refractivity contribution < 1.29 is 18.7 Å². The van der Waals surface area contributed by atoms with Crippen molar-refractivity contribution >= 4 is 11.8 Å². The summed E-state index contributed by atoms with van der Waals surface area (Å²) in [5.41, 5.74) is 1.83. The molecule has 1 heterocycles. The lowest BCUT2D eigenvalue weighted by atomic mass is 9.82. The molecule has 0 radical (unpaired) electrons. The number of esters is 1. The van der Waals surface area contributed by atoms with Gasteiger partial charge >= 0.3 is 5.97 Å². The Morgan fingerprint density at radius 2 is 2.14 bits per heavy atom. The molecule has 1 atom stereocenters. The topological polar surface area (TPSA) is 59.8 Å². The second kappa shape index (κ2) is 5.76. The first-order chi connectivity index (χ1) is 9.86. The van der Waals surface area contributed by atoms with Gasteiger partial charge < -0.3 is 14.1 Å². The van der Waals surface area contributed by atoms with E-state index in [1.54, 1.807) is 13.8 Å². The number of fused-ring (bicyclic) bond motifs is 1. The molecule has 1 aliphatic carbocycles. The molecule has 1 aromatic rings. The van der Waals surface area contributed by atoms with E-state index < -0.39 is 5.97 Å². The Kier molecular flexibility index (Phi) is 4.21.